The lowest BCUT2D eigenvalue weighted by Crippen LogP contribution is -1.90. The Morgan fingerprint density at radius 2 is 2.29 bits per heavy atom. The first kappa shape index (κ1) is 10.3. The van der Waals surface area contributed by atoms with Crippen LogP contribution < -0.4 is 0 Å². The fourth-order valence-corrected chi connectivity index (χ4v) is 2.70. The number of alkyl halides is 1. The van der Waals surface area contributed by atoms with E-state index in [4.69, 9.17) is 0 Å². The van der Waals surface area contributed by atoms with Gasteiger partial charge in [-0.15, -0.1) is 11.3 Å². The molecule has 0 radical (unpaired) electrons. The maximum atomic E-state index is 4.41. The summed E-state index contributed by atoms with van der Waals surface area (Å²) in [7, 11) is 0. The van der Waals surface area contributed by atoms with Crippen LogP contribution in [0.2, 0.25) is 0 Å². The van der Waals surface area contributed by atoms with E-state index in [-0.39, 0.29) is 0 Å². The molecule has 0 saturated heterocycles. The first-order valence-electron chi connectivity index (χ1n) is 3.92. The molecule has 2 aromatic heterocycles. The first-order chi connectivity index (χ1) is 6.79. The van der Waals surface area contributed by atoms with Crippen LogP contribution in [0, 0.1) is 0 Å². The van der Waals surface area contributed by atoms with Crippen LogP contribution in [-0.4, -0.2) is 9.97 Å². The van der Waals surface area contributed by atoms with Crippen molar-refractivity contribution < 1.29 is 0 Å². The summed E-state index contributed by atoms with van der Waals surface area (Å²) in [4.78, 5) is 9.72. The lowest BCUT2D eigenvalue weighted by molar-refractivity contribution is 1.11. The fraction of sp³-hybridized carbons (Fsp3) is 0.111. The highest BCUT2D eigenvalue weighted by Gasteiger charge is 2.04. The van der Waals surface area contributed by atoms with Crippen LogP contribution in [0.3, 0.4) is 0 Å². The van der Waals surface area contributed by atoms with Gasteiger partial charge in [-0.25, -0.2) is 9.97 Å². The second-order valence-electron chi connectivity index (χ2n) is 2.63. The van der Waals surface area contributed by atoms with Crippen molar-refractivity contribution in [1.29, 1.82) is 0 Å². The molecule has 2 rings (SSSR count). The van der Waals surface area contributed by atoms with E-state index < -0.39 is 0 Å². The lowest BCUT2D eigenvalue weighted by atomic mass is 10.4. The number of hydrogen-bond acceptors (Lipinski definition) is 3. The maximum absolute atomic E-state index is 4.41. The SMILES string of the molecule is BrCc1ccnc(-c2cc(Br)cs2)n1. The van der Waals surface area contributed by atoms with E-state index >= 15 is 0 Å². The summed E-state index contributed by atoms with van der Waals surface area (Å²) in [6, 6.07) is 3.93. The number of aromatic nitrogens is 2. The molecular weight excluding hydrogens is 328 g/mol. The van der Waals surface area contributed by atoms with Gasteiger partial charge in [0.15, 0.2) is 5.82 Å². The first-order valence-corrected chi connectivity index (χ1v) is 6.71. The minimum atomic E-state index is 0.759. The van der Waals surface area contributed by atoms with Crippen LogP contribution in [0.4, 0.5) is 0 Å². The van der Waals surface area contributed by atoms with E-state index in [0.717, 1.165) is 26.2 Å². The van der Waals surface area contributed by atoms with Gasteiger partial charge in [0, 0.05) is 21.4 Å². The van der Waals surface area contributed by atoms with Crippen molar-refractivity contribution >= 4 is 43.2 Å². The highest BCUT2D eigenvalue weighted by Crippen LogP contribution is 2.27. The van der Waals surface area contributed by atoms with Crippen molar-refractivity contribution in [2.45, 2.75) is 5.33 Å². The summed E-state index contributed by atoms with van der Waals surface area (Å²) in [6.07, 6.45) is 1.78. The third-order valence-electron chi connectivity index (χ3n) is 1.64. The molecule has 0 aliphatic carbocycles. The molecule has 0 aliphatic rings. The molecule has 2 aromatic rings. The van der Waals surface area contributed by atoms with Gasteiger partial charge in [-0.3, -0.25) is 0 Å². The highest BCUT2D eigenvalue weighted by atomic mass is 79.9. The van der Waals surface area contributed by atoms with Gasteiger partial charge in [-0.05, 0) is 28.1 Å². The Bertz CT molecular complexity index is 442. The summed E-state index contributed by atoms with van der Waals surface area (Å²) in [5, 5.41) is 2.79. The molecule has 72 valence electrons. The third-order valence-corrected chi connectivity index (χ3v) is 3.90. The number of halogens is 2. The van der Waals surface area contributed by atoms with Gasteiger partial charge in [0.2, 0.25) is 0 Å². The molecule has 0 saturated carbocycles. The zero-order chi connectivity index (χ0) is 9.97. The smallest absolute Gasteiger partial charge is 0.169 e. The molecule has 0 fully saturated rings. The van der Waals surface area contributed by atoms with Gasteiger partial charge in [0.25, 0.3) is 0 Å². The molecule has 0 bridgehead atoms. The fourth-order valence-electron chi connectivity index (χ4n) is 1.02. The molecule has 2 heterocycles. The summed E-state index contributed by atoms with van der Waals surface area (Å²) in [6.45, 7) is 0. The van der Waals surface area contributed by atoms with Crippen LogP contribution in [0.1, 0.15) is 5.69 Å². The molecule has 5 heteroatoms. The number of hydrogen-bond donors (Lipinski definition) is 0. The Labute approximate surface area is 103 Å². The van der Waals surface area contributed by atoms with E-state index in [9.17, 15) is 0 Å². The Morgan fingerprint density at radius 1 is 1.43 bits per heavy atom. The van der Waals surface area contributed by atoms with Gasteiger partial charge in [-0.2, -0.15) is 0 Å². The zero-order valence-electron chi connectivity index (χ0n) is 7.08. The molecule has 0 amide bonds. The van der Waals surface area contributed by atoms with E-state index in [1.54, 1.807) is 17.5 Å². The summed E-state index contributed by atoms with van der Waals surface area (Å²) in [5.74, 6) is 0.789. The Kier molecular flexibility index (Phi) is 3.30. The monoisotopic (exact) mass is 332 g/mol. The third kappa shape index (κ3) is 2.21. The number of nitrogens with zero attached hydrogens (tertiary/aromatic N) is 2. The van der Waals surface area contributed by atoms with E-state index in [1.807, 2.05) is 17.5 Å². The molecular formula is C9H6Br2N2S. The molecule has 0 aliphatic heterocycles. The van der Waals surface area contributed by atoms with E-state index in [1.165, 1.54) is 0 Å². The summed E-state index contributed by atoms with van der Waals surface area (Å²) < 4.78 is 1.07. The molecule has 0 atom stereocenters. The second-order valence-corrected chi connectivity index (χ2v) is 5.02. The minimum absolute atomic E-state index is 0.759. The van der Waals surface area contributed by atoms with Gasteiger partial charge in [-0.1, -0.05) is 15.9 Å². The minimum Gasteiger partial charge on any atom is -0.236 e. The van der Waals surface area contributed by atoms with Crippen LogP contribution in [0.25, 0.3) is 10.7 Å². The second kappa shape index (κ2) is 4.51. The molecule has 0 unspecified atom stereocenters. The topological polar surface area (TPSA) is 25.8 Å². The zero-order valence-corrected chi connectivity index (χ0v) is 11.1. The Morgan fingerprint density at radius 3 is 2.93 bits per heavy atom. The molecule has 0 N–H and O–H groups in total. The summed E-state index contributed by atoms with van der Waals surface area (Å²) >= 11 is 8.42. The average molecular weight is 334 g/mol. The number of rotatable bonds is 2. The van der Waals surface area contributed by atoms with Crippen molar-refractivity contribution in [2.24, 2.45) is 0 Å². The van der Waals surface area contributed by atoms with Crippen LogP contribution in [0.15, 0.2) is 28.2 Å². The van der Waals surface area contributed by atoms with E-state index in [0.29, 0.717) is 0 Å². The van der Waals surface area contributed by atoms with Gasteiger partial charge < -0.3 is 0 Å². The molecule has 0 spiro atoms. The van der Waals surface area contributed by atoms with Crippen LogP contribution >= 0.6 is 43.2 Å². The van der Waals surface area contributed by atoms with Crippen molar-refractivity contribution in [3.05, 3.63) is 33.9 Å². The van der Waals surface area contributed by atoms with Crippen molar-refractivity contribution in [3.8, 4) is 10.7 Å². The largest absolute Gasteiger partial charge is 0.236 e. The maximum Gasteiger partial charge on any atom is 0.169 e. The lowest BCUT2D eigenvalue weighted by Gasteiger charge is -1.97. The van der Waals surface area contributed by atoms with Gasteiger partial charge >= 0.3 is 0 Å². The predicted molar refractivity (Wildman–Crippen MR) is 65.7 cm³/mol. The Hall–Kier alpha value is -0.260. The van der Waals surface area contributed by atoms with Crippen LogP contribution in [0.5, 0.6) is 0 Å². The van der Waals surface area contributed by atoms with Crippen molar-refractivity contribution in [3.63, 3.8) is 0 Å². The molecule has 14 heavy (non-hydrogen) atoms. The van der Waals surface area contributed by atoms with Gasteiger partial charge in [0.05, 0.1) is 10.6 Å². The standard InChI is InChI=1S/C9H6Br2N2S/c10-4-7-1-2-12-9(13-7)8-3-6(11)5-14-8/h1-3,5H,4H2. The number of thiophene rings is 1. The average Bonchev–Trinajstić information content (AvgIpc) is 2.65. The van der Waals surface area contributed by atoms with Crippen LogP contribution in [-0.2, 0) is 5.33 Å². The molecule has 2 nitrogen and oxygen atoms in total. The van der Waals surface area contributed by atoms with Crippen molar-refractivity contribution in [2.75, 3.05) is 0 Å². The van der Waals surface area contributed by atoms with Crippen molar-refractivity contribution in [1.82, 2.24) is 9.97 Å². The summed E-state index contributed by atoms with van der Waals surface area (Å²) in [5.41, 5.74) is 1.000. The molecule has 0 aromatic carbocycles. The van der Waals surface area contributed by atoms with E-state index in [2.05, 4.69) is 41.8 Å². The van der Waals surface area contributed by atoms with Gasteiger partial charge in [0.1, 0.15) is 0 Å². The Balaban J connectivity index is 2.41. The normalized spacial score (nSPS) is 10.4. The predicted octanol–water partition coefficient (Wildman–Crippen LogP) is 3.86. The highest BCUT2D eigenvalue weighted by molar-refractivity contribution is 9.10. The quantitative estimate of drug-likeness (QED) is 0.780.